The SMILES string of the molecule is CNc1cnn(C2(CC#N)CN(S(=O)(=O)C(C)C)C2)c1. The summed E-state index contributed by atoms with van der Waals surface area (Å²) in [4.78, 5) is 0. The van der Waals surface area contributed by atoms with E-state index in [-0.39, 0.29) is 6.42 Å². The summed E-state index contributed by atoms with van der Waals surface area (Å²) >= 11 is 0. The van der Waals surface area contributed by atoms with Gasteiger partial charge in [0.05, 0.1) is 29.6 Å². The summed E-state index contributed by atoms with van der Waals surface area (Å²) in [5.74, 6) is 0. The highest BCUT2D eigenvalue weighted by atomic mass is 32.2. The van der Waals surface area contributed by atoms with Gasteiger partial charge in [-0.1, -0.05) is 0 Å². The van der Waals surface area contributed by atoms with Crippen molar-refractivity contribution in [3.8, 4) is 6.07 Å². The van der Waals surface area contributed by atoms with Crippen LogP contribution in [0.4, 0.5) is 5.69 Å². The first-order valence-corrected chi connectivity index (χ1v) is 7.95. The smallest absolute Gasteiger partial charge is 0.216 e. The van der Waals surface area contributed by atoms with Gasteiger partial charge in [0.1, 0.15) is 5.54 Å². The van der Waals surface area contributed by atoms with Crippen molar-refractivity contribution >= 4 is 15.7 Å². The third kappa shape index (κ3) is 2.27. The number of hydrogen-bond donors (Lipinski definition) is 1. The Labute approximate surface area is 119 Å². The van der Waals surface area contributed by atoms with Crippen LogP contribution in [0.15, 0.2) is 12.4 Å². The second-order valence-corrected chi connectivity index (χ2v) is 7.83. The number of rotatable bonds is 5. The number of nitrogens with zero attached hydrogens (tertiary/aromatic N) is 4. The fraction of sp³-hybridized carbons (Fsp3) is 0.667. The Hall–Kier alpha value is -1.59. The van der Waals surface area contributed by atoms with Crippen LogP contribution >= 0.6 is 0 Å². The number of anilines is 1. The normalized spacial score (nSPS) is 18.6. The summed E-state index contributed by atoms with van der Waals surface area (Å²) in [6, 6.07) is 2.13. The van der Waals surface area contributed by atoms with Crippen molar-refractivity contribution in [2.24, 2.45) is 0 Å². The highest BCUT2D eigenvalue weighted by Gasteiger charge is 2.50. The van der Waals surface area contributed by atoms with Crippen molar-refractivity contribution in [2.75, 3.05) is 25.5 Å². The predicted molar refractivity (Wildman–Crippen MR) is 75.6 cm³/mol. The van der Waals surface area contributed by atoms with Crippen molar-refractivity contribution in [3.63, 3.8) is 0 Å². The zero-order chi connectivity index (χ0) is 15.0. The molecule has 0 spiro atoms. The van der Waals surface area contributed by atoms with E-state index in [1.165, 1.54) is 4.31 Å². The molecule has 1 aromatic heterocycles. The Morgan fingerprint density at radius 3 is 2.65 bits per heavy atom. The van der Waals surface area contributed by atoms with Crippen LogP contribution in [0.1, 0.15) is 20.3 Å². The number of nitrogens with one attached hydrogen (secondary N) is 1. The number of aromatic nitrogens is 2. The molecule has 0 saturated carbocycles. The van der Waals surface area contributed by atoms with Crippen LogP contribution in [-0.2, 0) is 15.6 Å². The maximum absolute atomic E-state index is 12.1. The van der Waals surface area contributed by atoms with E-state index in [4.69, 9.17) is 5.26 Å². The zero-order valence-electron chi connectivity index (χ0n) is 11.9. The minimum Gasteiger partial charge on any atom is -0.386 e. The molecule has 0 unspecified atom stereocenters. The van der Waals surface area contributed by atoms with E-state index in [1.807, 2.05) is 0 Å². The third-order valence-electron chi connectivity index (χ3n) is 3.66. The highest BCUT2D eigenvalue weighted by molar-refractivity contribution is 7.89. The molecule has 8 heteroatoms. The first kappa shape index (κ1) is 14.8. The summed E-state index contributed by atoms with van der Waals surface area (Å²) < 4.78 is 27.3. The molecule has 0 aliphatic carbocycles. The molecule has 1 N–H and O–H groups in total. The summed E-state index contributed by atoms with van der Waals surface area (Å²) in [6.45, 7) is 3.91. The highest BCUT2D eigenvalue weighted by Crippen LogP contribution is 2.35. The molecule has 0 aromatic carbocycles. The van der Waals surface area contributed by atoms with Crippen molar-refractivity contribution < 1.29 is 8.42 Å². The molecule has 0 bridgehead atoms. The first-order valence-electron chi connectivity index (χ1n) is 6.44. The molecule has 1 aliphatic rings. The van der Waals surface area contributed by atoms with Gasteiger partial charge in [-0.2, -0.15) is 14.7 Å². The lowest BCUT2D eigenvalue weighted by atomic mass is 9.89. The standard InChI is InChI=1S/C12H19N5O2S/c1-10(2)20(18,19)16-8-12(9-16,4-5-13)17-7-11(14-3)6-15-17/h6-7,10,14H,4,8-9H2,1-3H3. The summed E-state index contributed by atoms with van der Waals surface area (Å²) in [5, 5.41) is 15.8. The molecule has 1 fully saturated rings. The van der Waals surface area contributed by atoms with Gasteiger partial charge in [0.15, 0.2) is 0 Å². The summed E-state index contributed by atoms with van der Waals surface area (Å²) in [6.07, 6.45) is 3.71. The van der Waals surface area contributed by atoms with Gasteiger partial charge < -0.3 is 5.32 Å². The first-order chi connectivity index (χ1) is 9.35. The van der Waals surface area contributed by atoms with E-state index in [0.29, 0.717) is 13.1 Å². The van der Waals surface area contributed by atoms with Crippen LogP contribution in [0.2, 0.25) is 0 Å². The van der Waals surface area contributed by atoms with Crippen LogP contribution in [0, 0.1) is 11.3 Å². The minimum absolute atomic E-state index is 0.238. The Kier molecular flexibility index (Phi) is 3.75. The Bertz CT molecular complexity index is 623. The summed E-state index contributed by atoms with van der Waals surface area (Å²) in [5.41, 5.74) is 0.290. The maximum atomic E-state index is 12.1. The molecule has 1 aromatic rings. The third-order valence-corrected chi connectivity index (χ3v) is 5.83. The average Bonchev–Trinajstić information content (AvgIpc) is 2.81. The molecule has 2 heterocycles. The average molecular weight is 297 g/mol. The topological polar surface area (TPSA) is 91.0 Å². The molecule has 0 radical (unpaired) electrons. The number of nitriles is 1. The maximum Gasteiger partial charge on any atom is 0.216 e. The van der Waals surface area contributed by atoms with Gasteiger partial charge in [0.2, 0.25) is 10.0 Å². The van der Waals surface area contributed by atoms with Gasteiger partial charge in [-0.05, 0) is 13.8 Å². The van der Waals surface area contributed by atoms with Crippen molar-refractivity contribution in [3.05, 3.63) is 12.4 Å². The largest absolute Gasteiger partial charge is 0.386 e. The lowest BCUT2D eigenvalue weighted by Gasteiger charge is -2.48. The molecule has 1 aliphatic heterocycles. The molecule has 0 atom stereocenters. The van der Waals surface area contributed by atoms with E-state index < -0.39 is 20.8 Å². The fourth-order valence-corrected chi connectivity index (χ4v) is 3.72. The van der Waals surface area contributed by atoms with Crippen LogP contribution in [0.3, 0.4) is 0 Å². The van der Waals surface area contributed by atoms with E-state index in [1.54, 1.807) is 38.0 Å². The van der Waals surface area contributed by atoms with Gasteiger partial charge >= 0.3 is 0 Å². The molecule has 20 heavy (non-hydrogen) atoms. The Morgan fingerprint density at radius 1 is 1.55 bits per heavy atom. The second kappa shape index (κ2) is 5.07. The van der Waals surface area contributed by atoms with Crippen LogP contribution in [0.5, 0.6) is 0 Å². The second-order valence-electron chi connectivity index (χ2n) is 5.34. The minimum atomic E-state index is -3.27. The molecule has 110 valence electrons. The van der Waals surface area contributed by atoms with E-state index in [0.717, 1.165) is 5.69 Å². The van der Waals surface area contributed by atoms with Crippen LogP contribution in [-0.4, -0.2) is 47.9 Å². The quantitative estimate of drug-likeness (QED) is 0.859. The van der Waals surface area contributed by atoms with Crippen LogP contribution < -0.4 is 5.32 Å². The van der Waals surface area contributed by atoms with Crippen molar-refractivity contribution in [2.45, 2.75) is 31.1 Å². The molecule has 2 rings (SSSR count). The Balaban J connectivity index is 2.23. The van der Waals surface area contributed by atoms with Crippen LogP contribution in [0.25, 0.3) is 0 Å². The molecular formula is C12H19N5O2S. The van der Waals surface area contributed by atoms with E-state index in [2.05, 4.69) is 16.5 Å². The number of sulfonamides is 1. The van der Waals surface area contributed by atoms with Crippen molar-refractivity contribution in [1.29, 1.82) is 5.26 Å². The van der Waals surface area contributed by atoms with E-state index >= 15 is 0 Å². The van der Waals surface area contributed by atoms with E-state index in [9.17, 15) is 8.42 Å². The monoisotopic (exact) mass is 297 g/mol. The molecule has 1 saturated heterocycles. The molecular weight excluding hydrogens is 278 g/mol. The van der Waals surface area contributed by atoms with Crippen molar-refractivity contribution in [1.82, 2.24) is 14.1 Å². The summed E-state index contributed by atoms with van der Waals surface area (Å²) in [7, 11) is -1.48. The Morgan fingerprint density at radius 2 is 2.20 bits per heavy atom. The van der Waals surface area contributed by atoms with Gasteiger partial charge in [0.25, 0.3) is 0 Å². The van der Waals surface area contributed by atoms with Gasteiger partial charge in [-0.15, -0.1) is 0 Å². The molecule has 7 nitrogen and oxygen atoms in total. The van der Waals surface area contributed by atoms with Gasteiger partial charge in [0, 0.05) is 26.3 Å². The number of hydrogen-bond acceptors (Lipinski definition) is 5. The van der Waals surface area contributed by atoms with Gasteiger partial charge in [-0.3, -0.25) is 4.68 Å². The lowest BCUT2D eigenvalue weighted by Crippen LogP contribution is -2.65. The van der Waals surface area contributed by atoms with Gasteiger partial charge in [-0.25, -0.2) is 8.42 Å². The fourth-order valence-electron chi connectivity index (χ4n) is 2.28. The lowest BCUT2D eigenvalue weighted by molar-refractivity contribution is 0.0711. The zero-order valence-corrected chi connectivity index (χ0v) is 12.7. The molecule has 0 amide bonds. The predicted octanol–water partition coefficient (Wildman–Crippen LogP) is 0.588.